The molecule has 0 radical (unpaired) electrons. The quantitative estimate of drug-likeness (QED) is 0.200. The number of hydrogen-bond acceptors (Lipinski definition) is 4. The van der Waals surface area contributed by atoms with Crippen molar-refractivity contribution in [2.45, 2.75) is 82.8 Å². The van der Waals surface area contributed by atoms with Gasteiger partial charge >= 0.3 is 101 Å². The van der Waals surface area contributed by atoms with E-state index in [1.165, 1.54) is 32.1 Å². The first-order chi connectivity index (χ1) is 11.2. The van der Waals surface area contributed by atoms with Crippen LogP contribution in [0.2, 0.25) is 0 Å². The minimum absolute atomic E-state index is 0. The maximum atomic E-state index is 11.1. The Bertz CT molecular complexity index is 486. The molecule has 0 bridgehead atoms. The summed E-state index contributed by atoms with van der Waals surface area (Å²) in [5.74, 6) is -4.99. The van der Waals surface area contributed by atoms with Gasteiger partial charge in [0, 0.05) is 0 Å². The Morgan fingerprint density at radius 1 is 0.741 bits per heavy atom. The molecule has 7 nitrogen and oxygen atoms in total. The van der Waals surface area contributed by atoms with Crippen molar-refractivity contribution in [3.63, 3.8) is 0 Å². The van der Waals surface area contributed by atoms with Crippen LogP contribution >= 0.6 is 0 Å². The Morgan fingerprint density at radius 2 is 1.11 bits per heavy atom. The summed E-state index contributed by atoms with van der Waals surface area (Å²) >= 11 is 0. The predicted molar refractivity (Wildman–Crippen MR) is 112 cm³/mol. The number of hydrogen-bond donors (Lipinski definition) is 3. The summed E-state index contributed by atoms with van der Waals surface area (Å²) in [6, 6.07) is 0. The van der Waals surface area contributed by atoms with Crippen LogP contribution in [0.5, 0.6) is 0 Å². The monoisotopic (exact) mass is 438 g/mol. The molecule has 0 saturated heterocycles. The van der Waals surface area contributed by atoms with Crippen LogP contribution in [-0.2, 0) is 19.7 Å². The van der Waals surface area contributed by atoms with E-state index in [9.17, 15) is 18.0 Å². The molecule has 0 aliphatic heterocycles. The molecule has 0 amide bonds. The van der Waals surface area contributed by atoms with Gasteiger partial charge in [0.25, 0.3) is 10.1 Å². The average molecular weight is 438 g/mol. The fourth-order valence-electron chi connectivity index (χ4n) is 2.76. The van der Waals surface area contributed by atoms with Crippen LogP contribution in [0.1, 0.15) is 77.6 Å². The zero-order valence-electron chi connectivity index (χ0n) is 14.3. The van der Waals surface area contributed by atoms with E-state index >= 15 is 0 Å². The number of carbonyl (C=O) groups is 2. The van der Waals surface area contributed by atoms with Crippen LogP contribution in [-0.4, -0.2) is 129 Å². The van der Waals surface area contributed by atoms with Gasteiger partial charge in [-0.1, -0.05) is 71.1 Å². The third-order valence-corrected chi connectivity index (χ3v) is 5.29. The molecule has 2 atom stereocenters. The number of unbranched alkanes of at least 4 members (excludes halogenated alkanes) is 9. The normalized spacial score (nSPS) is 12.7. The Labute approximate surface area is 229 Å². The van der Waals surface area contributed by atoms with Crippen LogP contribution in [0.3, 0.4) is 0 Å². The maximum absolute atomic E-state index is 11.1. The van der Waals surface area contributed by atoms with Gasteiger partial charge in [-0.3, -0.25) is 14.1 Å². The summed E-state index contributed by atoms with van der Waals surface area (Å²) in [7, 11) is -4.95. The minimum atomic E-state index is -4.95. The standard InChI is InChI=1S/C16H30O7S.3Na.3H/c1-2-3-4-5-6-7-8-9-10-11-12-13(15(17)18)14(16(19)20)24(21,22)23;;;;;;/h13-14H,2-12H2,1H3,(H,17,18)(H,19,20)(H,21,22,23);;;;;;. The van der Waals surface area contributed by atoms with Gasteiger partial charge in [-0.05, 0) is 6.42 Å². The van der Waals surface area contributed by atoms with Crippen LogP contribution in [0.25, 0.3) is 0 Å². The zero-order chi connectivity index (χ0) is 18.6. The molecule has 3 N–H and O–H groups in total. The molecule has 0 fully saturated rings. The topological polar surface area (TPSA) is 129 Å². The number of carboxylic acids is 2. The fourth-order valence-corrected chi connectivity index (χ4v) is 3.69. The van der Waals surface area contributed by atoms with Crippen LogP contribution < -0.4 is 0 Å². The fraction of sp³-hybridized carbons (Fsp3) is 0.875. The zero-order valence-corrected chi connectivity index (χ0v) is 15.1. The molecule has 0 saturated carbocycles. The number of carboxylic acid groups (broad SMARTS) is 2. The first kappa shape index (κ1) is 36.2. The van der Waals surface area contributed by atoms with Gasteiger partial charge in [0.15, 0.2) is 5.25 Å². The molecular weight excluding hydrogens is 405 g/mol. The van der Waals surface area contributed by atoms with Gasteiger partial charge in [0.05, 0.1) is 5.92 Å². The SMILES string of the molecule is CCCCCCCCCCCCC(C(=O)O)C(C(=O)O)S(=O)(=O)O.[NaH].[NaH].[NaH]. The molecule has 0 heterocycles. The van der Waals surface area contributed by atoms with Gasteiger partial charge in [0.2, 0.25) is 0 Å². The van der Waals surface area contributed by atoms with Crippen molar-refractivity contribution in [3.05, 3.63) is 0 Å². The second-order valence-corrected chi connectivity index (χ2v) is 7.73. The molecule has 0 aromatic rings. The van der Waals surface area contributed by atoms with E-state index < -0.39 is 33.2 Å². The van der Waals surface area contributed by atoms with Gasteiger partial charge in [0.1, 0.15) is 0 Å². The van der Waals surface area contributed by atoms with E-state index in [1.54, 1.807) is 0 Å². The Balaban J connectivity index is -0.000000882. The molecule has 27 heavy (non-hydrogen) atoms. The van der Waals surface area contributed by atoms with E-state index in [0.717, 1.165) is 25.7 Å². The molecule has 2 unspecified atom stereocenters. The molecule has 0 aliphatic carbocycles. The van der Waals surface area contributed by atoms with Gasteiger partial charge in [-0.25, -0.2) is 0 Å². The molecule has 0 aromatic carbocycles. The van der Waals surface area contributed by atoms with Crippen molar-refractivity contribution >= 4 is 111 Å². The van der Waals surface area contributed by atoms with E-state index in [4.69, 9.17) is 14.8 Å². The Hall–Kier alpha value is 1.85. The van der Waals surface area contributed by atoms with Crippen molar-refractivity contribution in [2.75, 3.05) is 0 Å². The summed E-state index contributed by atoms with van der Waals surface area (Å²) in [4.78, 5) is 22.1. The summed E-state index contributed by atoms with van der Waals surface area (Å²) < 4.78 is 31.2. The Morgan fingerprint density at radius 3 is 1.41 bits per heavy atom. The first-order valence-electron chi connectivity index (χ1n) is 8.63. The molecule has 0 aromatic heterocycles. The summed E-state index contributed by atoms with van der Waals surface area (Å²) in [6.07, 6.45) is 10.3. The molecule has 11 heteroatoms. The molecular formula is C16H33Na3O7S. The van der Waals surface area contributed by atoms with Crippen molar-refractivity contribution in [3.8, 4) is 0 Å². The van der Waals surface area contributed by atoms with Crippen molar-refractivity contribution in [1.29, 1.82) is 0 Å². The number of rotatable bonds is 15. The van der Waals surface area contributed by atoms with Crippen LogP contribution in [0, 0.1) is 5.92 Å². The van der Waals surface area contributed by atoms with E-state index in [2.05, 4.69) is 6.92 Å². The predicted octanol–water partition coefficient (Wildman–Crippen LogP) is 1.39. The third-order valence-electron chi connectivity index (χ3n) is 4.12. The third kappa shape index (κ3) is 18.3. The molecule has 0 aliphatic rings. The second-order valence-electron chi connectivity index (χ2n) is 6.19. The molecule has 0 rings (SSSR count). The summed E-state index contributed by atoms with van der Waals surface area (Å²) in [6.45, 7) is 2.17. The second kappa shape index (κ2) is 21.1. The van der Waals surface area contributed by atoms with Gasteiger partial charge in [-0.2, -0.15) is 8.42 Å². The van der Waals surface area contributed by atoms with Crippen LogP contribution in [0.15, 0.2) is 0 Å². The van der Waals surface area contributed by atoms with E-state index in [-0.39, 0.29) is 95.1 Å². The average Bonchev–Trinajstić information content (AvgIpc) is 2.45. The summed E-state index contributed by atoms with van der Waals surface area (Å²) in [5, 5.41) is 15.6. The molecule has 148 valence electrons. The van der Waals surface area contributed by atoms with Crippen molar-refractivity contribution in [2.24, 2.45) is 5.92 Å². The van der Waals surface area contributed by atoms with Crippen molar-refractivity contribution < 1.29 is 32.8 Å². The molecule has 0 spiro atoms. The first-order valence-corrected chi connectivity index (χ1v) is 10.1. The van der Waals surface area contributed by atoms with Gasteiger partial charge < -0.3 is 10.2 Å². The van der Waals surface area contributed by atoms with Crippen molar-refractivity contribution in [1.82, 2.24) is 0 Å². The van der Waals surface area contributed by atoms with Gasteiger partial charge in [-0.15, -0.1) is 0 Å². The Kier molecular flexibility index (Phi) is 28.3. The summed E-state index contributed by atoms with van der Waals surface area (Å²) in [5.41, 5.74) is 0. The van der Waals surface area contributed by atoms with Crippen LogP contribution in [0.4, 0.5) is 0 Å². The van der Waals surface area contributed by atoms with E-state index in [0.29, 0.717) is 6.42 Å². The van der Waals surface area contributed by atoms with E-state index in [1.807, 2.05) is 0 Å². The number of aliphatic carboxylic acids is 2.